The second-order valence-electron chi connectivity index (χ2n) is 9.85. The Labute approximate surface area is 215 Å². The van der Waals surface area contributed by atoms with E-state index in [1.165, 1.54) is 24.5 Å². The smallest absolute Gasteiger partial charge is 0.229 e. The largest absolute Gasteiger partial charge is 0.474 e. The van der Waals surface area contributed by atoms with Gasteiger partial charge in [0, 0.05) is 24.9 Å². The molecule has 0 radical (unpaired) electrons. The Kier molecular flexibility index (Phi) is 5.82. The number of benzene rings is 1. The lowest BCUT2D eigenvalue weighted by molar-refractivity contribution is 0.0979. The van der Waals surface area contributed by atoms with Gasteiger partial charge in [-0.15, -0.1) is 0 Å². The summed E-state index contributed by atoms with van der Waals surface area (Å²) in [5.41, 5.74) is 0.566. The van der Waals surface area contributed by atoms with Gasteiger partial charge in [0.2, 0.25) is 21.8 Å². The number of sulfonamides is 1. The summed E-state index contributed by atoms with van der Waals surface area (Å²) in [4.78, 5) is 8.65. The van der Waals surface area contributed by atoms with E-state index in [1.807, 2.05) is 12.2 Å². The van der Waals surface area contributed by atoms with Gasteiger partial charge in [-0.25, -0.2) is 26.8 Å². The topological polar surface area (TPSA) is 116 Å². The number of nitrogens with zero attached hydrogens (tertiary/aromatic N) is 3. The van der Waals surface area contributed by atoms with Crippen LogP contribution >= 0.6 is 11.6 Å². The van der Waals surface area contributed by atoms with Crippen LogP contribution in [0.4, 0.5) is 0 Å². The van der Waals surface area contributed by atoms with Crippen LogP contribution in [-0.2, 0) is 19.9 Å². The third kappa shape index (κ3) is 4.29. The Balaban J connectivity index is 1.16. The number of piperidine rings is 1. The maximum absolute atomic E-state index is 12.8. The SMILES string of the molecule is Cc1c(Oc2ccc(S(=O)(=O)C3CC3)cc2Cl)ncnc1OC1CC2C=C[C@@H](C1)N2S(=O)(=O)C1CC1. The van der Waals surface area contributed by atoms with Crippen molar-refractivity contribution in [1.29, 1.82) is 0 Å². The first-order valence-electron chi connectivity index (χ1n) is 12.0. The molecule has 2 aliphatic heterocycles. The van der Waals surface area contributed by atoms with E-state index in [2.05, 4.69) is 9.97 Å². The van der Waals surface area contributed by atoms with Gasteiger partial charge in [-0.05, 0) is 50.8 Å². The molecule has 12 heteroatoms. The molecule has 1 aromatic heterocycles. The number of halogens is 1. The Bertz CT molecular complexity index is 1440. The molecule has 36 heavy (non-hydrogen) atoms. The zero-order valence-electron chi connectivity index (χ0n) is 19.6. The summed E-state index contributed by atoms with van der Waals surface area (Å²) in [5, 5.41) is -0.391. The molecule has 2 bridgehead atoms. The van der Waals surface area contributed by atoms with Crippen LogP contribution in [0.5, 0.6) is 17.5 Å². The highest BCUT2D eigenvalue weighted by atomic mass is 35.5. The molecule has 1 saturated heterocycles. The molecule has 3 heterocycles. The average Bonchev–Trinajstić information content (AvgIpc) is 3.73. The lowest BCUT2D eigenvalue weighted by atomic mass is 10.0. The van der Waals surface area contributed by atoms with E-state index in [1.54, 1.807) is 11.2 Å². The highest BCUT2D eigenvalue weighted by molar-refractivity contribution is 7.92. The Morgan fingerprint density at radius 3 is 2.19 bits per heavy atom. The van der Waals surface area contributed by atoms with Crippen LogP contribution in [0, 0.1) is 6.92 Å². The van der Waals surface area contributed by atoms with Crippen molar-refractivity contribution in [2.24, 2.45) is 0 Å². The lowest BCUT2D eigenvalue weighted by Crippen LogP contribution is -2.50. The van der Waals surface area contributed by atoms with Crippen molar-refractivity contribution >= 4 is 31.5 Å². The number of sulfone groups is 1. The number of hydrogen-bond acceptors (Lipinski definition) is 8. The molecule has 0 amide bonds. The van der Waals surface area contributed by atoms with Crippen LogP contribution in [-0.4, -0.2) is 59.8 Å². The molecule has 2 aromatic rings. The molecule has 9 nitrogen and oxygen atoms in total. The van der Waals surface area contributed by atoms with Crippen LogP contribution in [0.1, 0.15) is 44.1 Å². The maximum atomic E-state index is 12.8. The monoisotopic (exact) mass is 551 g/mol. The minimum Gasteiger partial charge on any atom is -0.474 e. The number of ether oxygens (including phenoxy) is 2. The molecule has 0 N–H and O–H groups in total. The predicted octanol–water partition coefficient (Wildman–Crippen LogP) is 3.81. The summed E-state index contributed by atoms with van der Waals surface area (Å²) in [5.74, 6) is 0.876. The lowest BCUT2D eigenvalue weighted by Gasteiger charge is -2.38. The van der Waals surface area contributed by atoms with E-state index in [-0.39, 0.29) is 50.2 Å². The Hall–Kier alpha value is -2.21. The van der Waals surface area contributed by atoms with Crippen molar-refractivity contribution in [2.45, 2.75) is 79.0 Å². The fourth-order valence-corrected chi connectivity index (χ4v) is 9.01. The average molecular weight is 552 g/mol. The first-order valence-corrected chi connectivity index (χ1v) is 15.5. The Morgan fingerprint density at radius 1 is 0.944 bits per heavy atom. The molecule has 3 fully saturated rings. The number of fused-ring (bicyclic) bond motifs is 2. The van der Waals surface area contributed by atoms with Gasteiger partial charge in [0.25, 0.3) is 0 Å². The second kappa shape index (κ2) is 8.68. The van der Waals surface area contributed by atoms with Gasteiger partial charge in [-0.3, -0.25) is 0 Å². The first kappa shape index (κ1) is 24.1. The van der Waals surface area contributed by atoms with Gasteiger partial charge in [-0.1, -0.05) is 23.8 Å². The van der Waals surface area contributed by atoms with Crippen LogP contribution in [0.2, 0.25) is 5.02 Å². The number of hydrogen-bond donors (Lipinski definition) is 0. The van der Waals surface area contributed by atoms with Crippen molar-refractivity contribution in [3.63, 3.8) is 0 Å². The van der Waals surface area contributed by atoms with Crippen molar-refractivity contribution in [2.75, 3.05) is 0 Å². The molecule has 2 aliphatic carbocycles. The van der Waals surface area contributed by atoms with Crippen molar-refractivity contribution in [1.82, 2.24) is 14.3 Å². The molecule has 2 unspecified atom stereocenters. The fourth-order valence-electron chi connectivity index (χ4n) is 4.90. The molecular formula is C24H26ClN3O6S2. The summed E-state index contributed by atoms with van der Waals surface area (Å²) in [6, 6.07) is 4.02. The normalized spacial score (nSPS) is 26.2. The number of rotatable bonds is 8. The molecule has 3 atom stereocenters. The van der Waals surface area contributed by atoms with E-state index in [0.29, 0.717) is 37.1 Å². The third-order valence-corrected chi connectivity index (χ3v) is 12.1. The standard InChI is InChI=1S/C24H26ClN3O6S2/c1-14-23(33-17-10-15-2-3-16(11-17)28(15)36(31,32)19-6-7-19)26-13-27-24(14)34-22-9-8-20(12-21(22)25)35(29,30)18-4-5-18/h2-3,8-9,12-13,15-19H,4-7,10-11H2,1H3/t15-,16?,17?/m0/s1. The molecule has 6 rings (SSSR count). The Morgan fingerprint density at radius 2 is 1.58 bits per heavy atom. The second-order valence-corrected chi connectivity index (χ2v) is 14.6. The van der Waals surface area contributed by atoms with Crippen LogP contribution < -0.4 is 9.47 Å². The molecular weight excluding hydrogens is 526 g/mol. The minimum absolute atomic E-state index is 0.170. The van der Waals surface area contributed by atoms with E-state index < -0.39 is 19.9 Å². The number of aromatic nitrogens is 2. The molecule has 192 valence electrons. The van der Waals surface area contributed by atoms with E-state index in [0.717, 1.165) is 12.8 Å². The van der Waals surface area contributed by atoms with Gasteiger partial charge in [-0.2, -0.15) is 4.31 Å². The van der Waals surface area contributed by atoms with Crippen molar-refractivity contribution in [3.05, 3.63) is 47.3 Å². The molecule has 2 saturated carbocycles. The summed E-state index contributed by atoms with van der Waals surface area (Å²) in [6.45, 7) is 1.77. The minimum atomic E-state index is -3.36. The quantitative estimate of drug-likeness (QED) is 0.455. The fraction of sp³-hybridized carbons (Fsp3) is 0.500. The molecule has 1 aromatic carbocycles. The predicted molar refractivity (Wildman–Crippen MR) is 133 cm³/mol. The van der Waals surface area contributed by atoms with Gasteiger partial charge >= 0.3 is 0 Å². The van der Waals surface area contributed by atoms with Crippen LogP contribution in [0.3, 0.4) is 0 Å². The van der Waals surface area contributed by atoms with Gasteiger partial charge < -0.3 is 9.47 Å². The van der Waals surface area contributed by atoms with Crippen LogP contribution in [0.15, 0.2) is 41.6 Å². The zero-order chi connectivity index (χ0) is 25.2. The van der Waals surface area contributed by atoms with Crippen LogP contribution in [0.25, 0.3) is 0 Å². The van der Waals surface area contributed by atoms with Crippen molar-refractivity contribution in [3.8, 4) is 17.5 Å². The summed E-state index contributed by atoms with van der Waals surface area (Å²) < 4.78 is 64.4. The van der Waals surface area contributed by atoms with Crippen molar-refractivity contribution < 1.29 is 26.3 Å². The molecule has 0 spiro atoms. The van der Waals surface area contributed by atoms with Gasteiger partial charge in [0.15, 0.2) is 9.84 Å². The first-order chi connectivity index (χ1) is 17.1. The van der Waals surface area contributed by atoms with Gasteiger partial charge in [0.05, 0.1) is 26.0 Å². The maximum Gasteiger partial charge on any atom is 0.229 e. The van der Waals surface area contributed by atoms with E-state index in [4.69, 9.17) is 21.1 Å². The van der Waals surface area contributed by atoms with E-state index in [9.17, 15) is 16.8 Å². The zero-order valence-corrected chi connectivity index (χ0v) is 22.0. The third-order valence-electron chi connectivity index (χ3n) is 7.13. The van der Waals surface area contributed by atoms with Gasteiger partial charge in [0.1, 0.15) is 18.2 Å². The summed E-state index contributed by atoms with van der Waals surface area (Å²) in [7, 11) is -6.63. The summed E-state index contributed by atoms with van der Waals surface area (Å²) in [6.07, 6.45) is 8.96. The summed E-state index contributed by atoms with van der Waals surface area (Å²) >= 11 is 6.35. The highest BCUT2D eigenvalue weighted by Gasteiger charge is 2.50. The van der Waals surface area contributed by atoms with E-state index >= 15 is 0 Å². The molecule has 4 aliphatic rings. The highest BCUT2D eigenvalue weighted by Crippen LogP contribution is 2.42.